The number of phenols is 1. The lowest BCUT2D eigenvalue weighted by atomic mass is 10.0. The molecule has 1 aliphatic rings. The molecule has 1 unspecified atom stereocenters. The third-order valence-corrected chi connectivity index (χ3v) is 5.33. The summed E-state index contributed by atoms with van der Waals surface area (Å²) in [6, 6.07) is 16.0. The fraction of sp³-hybridized carbons (Fsp3) is 0.125. The molecular formula is C24H19FN3O3+. The number of nitrogens with one attached hydrogen (secondary N) is 1. The van der Waals surface area contributed by atoms with Gasteiger partial charge in [-0.15, -0.1) is 0 Å². The Morgan fingerprint density at radius 1 is 1.13 bits per heavy atom. The quantitative estimate of drug-likeness (QED) is 0.485. The first-order valence-electron chi connectivity index (χ1n) is 9.89. The largest absolute Gasteiger partial charge is 0.508 e. The van der Waals surface area contributed by atoms with Crippen LogP contribution in [-0.2, 0) is 12.8 Å². The van der Waals surface area contributed by atoms with E-state index in [1.807, 2.05) is 12.1 Å². The highest BCUT2D eigenvalue weighted by atomic mass is 19.1. The summed E-state index contributed by atoms with van der Waals surface area (Å²) in [5, 5.41) is 13.2. The Balaban J connectivity index is 1.60. The van der Waals surface area contributed by atoms with Crippen molar-refractivity contribution in [3.63, 3.8) is 0 Å². The molecule has 1 atom stereocenters. The molecule has 2 N–H and O–H groups in total. The van der Waals surface area contributed by atoms with Gasteiger partial charge in [0.1, 0.15) is 34.9 Å². The molecule has 0 saturated carbocycles. The Hall–Kier alpha value is -4.00. The molecule has 0 aliphatic carbocycles. The third-order valence-electron chi connectivity index (χ3n) is 5.33. The molecule has 3 heterocycles. The normalized spacial score (nSPS) is 15.0. The molecule has 4 aromatic rings. The lowest BCUT2D eigenvalue weighted by molar-refractivity contribution is -0.560. The van der Waals surface area contributed by atoms with E-state index < -0.39 is 6.04 Å². The fourth-order valence-electron chi connectivity index (χ4n) is 3.88. The van der Waals surface area contributed by atoms with Gasteiger partial charge in [-0.05, 0) is 42.0 Å². The van der Waals surface area contributed by atoms with Crippen LogP contribution in [0.3, 0.4) is 0 Å². The summed E-state index contributed by atoms with van der Waals surface area (Å²) >= 11 is 0. The van der Waals surface area contributed by atoms with Gasteiger partial charge in [0.05, 0.1) is 12.7 Å². The monoisotopic (exact) mass is 416 g/mol. The number of phenolic OH excluding ortho intramolecular Hbond substituents is 1. The maximum Gasteiger partial charge on any atom is 0.359 e. The van der Waals surface area contributed by atoms with Gasteiger partial charge in [-0.25, -0.2) is 14.2 Å². The second-order valence-corrected chi connectivity index (χ2v) is 7.45. The van der Waals surface area contributed by atoms with Crippen molar-refractivity contribution in [3.05, 3.63) is 96.0 Å². The van der Waals surface area contributed by atoms with Crippen LogP contribution in [0.15, 0.2) is 77.5 Å². The predicted molar refractivity (Wildman–Crippen MR) is 111 cm³/mol. The molecular weight excluding hydrogens is 397 g/mol. The average molecular weight is 416 g/mol. The Bertz CT molecular complexity index is 1250. The van der Waals surface area contributed by atoms with Crippen molar-refractivity contribution in [2.75, 3.05) is 5.32 Å². The summed E-state index contributed by atoms with van der Waals surface area (Å²) in [7, 11) is 0. The number of carbonyl (C=O) groups is 1. The van der Waals surface area contributed by atoms with Crippen molar-refractivity contribution in [1.82, 2.24) is 4.98 Å². The van der Waals surface area contributed by atoms with Gasteiger partial charge in [0.2, 0.25) is 6.04 Å². The fourth-order valence-corrected chi connectivity index (χ4v) is 3.88. The lowest BCUT2D eigenvalue weighted by Crippen LogP contribution is -2.47. The molecule has 154 valence electrons. The first kappa shape index (κ1) is 19.0. The number of nitrogens with zero attached hydrogens (tertiary/aromatic N) is 2. The predicted octanol–water partition coefficient (Wildman–Crippen LogP) is 3.74. The van der Waals surface area contributed by atoms with E-state index in [-0.39, 0.29) is 17.5 Å². The van der Waals surface area contributed by atoms with E-state index in [4.69, 9.17) is 4.42 Å². The number of aromatic nitrogens is 2. The average Bonchev–Trinajstić information content (AvgIpc) is 3.38. The maximum atomic E-state index is 13.4. The molecule has 0 radical (unpaired) electrons. The minimum absolute atomic E-state index is 0.109. The standard InChI is InChI=1S/C24H18FN3O3/c25-17-8-6-15(7-9-17)11-21-23(16-3-1-4-18(29)12-16)26-14-22-27-20(24(30)28(21)22)13-19-5-2-10-31-19/h1-10,12,14,20,29H,11,13H2/p+1. The zero-order chi connectivity index (χ0) is 21.4. The molecule has 2 aromatic carbocycles. The Morgan fingerprint density at radius 3 is 2.71 bits per heavy atom. The highest BCUT2D eigenvalue weighted by Crippen LogP contribution is 2.27. The summed E-state index contributed by atoms with van der Waals surface area (Å²) in [5.41, 5.74) is 2.77. The van der Waals surface area contributed by atoms with Crippen LogP contribution in [0.1, 0.15) is 21.8 Å². The van der Waals surface area contributed by atoms with E-state index in [2.05, 4.69) is 10.3 Å². The minimum atomic E-state index is -0.487. The van der Waals surface area contributed by atoms with Crippen molar-refractivity contribution in [2.45, 2.75) is 18.9 Å². The maximum absolute atomic E-state index is 13.4. The number of fused-ring (bicyclic) bond motifs is 1. The molecule has 0 bridgehead atoms. The third kappa shape index (κ3) is 3.66. The van der Waals surface area contributed by atoms with Crippen molar-refractivity contribution in [2.24, 2.45) is 0 Å². The smallest absolute Gasteiger partial charge is 0.359 e. The van der Waals surface area contributed by atoms with Crippen LogP contribution in [-0.4, -0.2) is 22.0 Å². The van der Waals surface area contributed by atoms with Crippen LogP contribution < -0.4 is 9.88 Å². The number of carbonyl (C=O) groups excluding carboxylic acids is 1. The molecule has 5 rings (SSSR count). The van der Waals surface area contributed by atoms with Gasteiger partial charge in [-0.1, -0.05) is 24.3 Å². The van der Waals surface area contributed by atoms with E-state index >= 15 is 0 Å². The number of rotatable bonds is 5. The summed E-state index contributed by atoms with van der Waals surface area (Å²) in [4.78, 5) is 18.0. The van der Waals surface area contributed by atoms with Crippen LogP contribution in [0.5, 0.6) is 5.75 Å². The SMILES string of the molecule is O=C1C(Cc2ccco2)Nc2cnc(-c3cccc(O)c3)c(Cc3ccc(F)cc3)[n+]21. The van der Waals surface area contributed by atoms with Gasteiger partial charge in [0, 0.05) is 12.0 Å². The summed E-state index contributed by atoms with van der Waals surface area (Å²) in [5.74, 6) is 0.963. The van der Waals surface area contributed by atoms with Crippen LogP contribution in [0.2, 0.25) is 0 Å². The van der Waals surface area contributed by atoms with Crippen molar-refractivity contribution in [3.8, 4) is 17.0 Å². The zero-order valence-electron chi connectivity index (χ0n) is 16.5. The molecule has 1 aliphatic heterocycles. The number of hydrogen-bond acceptors (Lipinski definition) is 5. The van der Waals surface area contributed by atoms with E-state index in [0.29, 0.717) is 41.4 Å². The number of halogens is 1. The van der Waals surface area contributed by atoms with E-state index in [9.17, 15) is 14.3 Å². The Kier molecular flexibility index (Phi) is 4.71. The second-order valence-electron chi connectivity index (χ2n) is 7.45. The molecule has 31 heavy (non-hydrogen) atoms. The first-order valence-corrected chi connectivity index (χ1v) is 9.89. The highest BCUT2D eigenvalue weighted by molar-refractivity contribution is 5.82. The van der Waals surface area contributed by atoms with E-state index in [0.717, 1.165) is 5.56 Å². The van der Waals surface area contributed by atoms with Crippen molar-refractivity contribution < 1.29 is 23.3 Å². The summed E-state index contributed by atoms with van der Waals surface area (Å²) in [6.45, 7) is 0. The van der Waals surface area contributed by atoms with Crippen molar-refractivity contribution in [1.29, 1.82) is 0 Å². The topological polar surface area (TPSA) is 79.2 Å². The zero-order valence-corrected chi connectivity index (χ0v) is 16.5. The number of hydrogen-bond donors (Lipinski definition) is 2. The van der Waals surface area contributed by atoms with Crippen LogP contribution in [0.4, 0.5) is 10.2 Å². The number of furan rings is 1. The van der Waals surface area contributed by atoms with Crippen LogP contribution >= 0.6 is 0 Å². The lowest BCUT2D eigenvalue weighted by Gasteiger charge is -2.10. The second kappa shape index (κ2) is 7.68. The molecule has 0 saturated heterocycles. The molecule has 2 aromatic heterocycles. The number of benzene rings is 2. The molecule has 6 nitrogen and oxygen atoms in total. The molecule has 7 heteroatoms. The van der Waals surface area contributed by atoms with Gasteiger partial charge in [-0.3, -0.25) is 5.32 Å². The highest BCUT2D eigenvalue weighted by Gasteiger charge is 2.42. The van der Waals surface area contributed by atoms with Gasteiger partial charge in [0.25, 0.3) is 0 Å². The minimum Gasteiger partial charge on any atom is -0.508 e. The van der Waals surface area contributed by atoms with E-state index in [1.165, 1.54) is 12.1 Å². The molecule has 0 amide bonds. The van der Waals surface area contributed by atoms with E-state index in [1.54, 1.807) is 53.4 Å². The Morgan fingerprint density at radius 2 is 1.97 bits per heavy atom. The van der Waals surface area contributed by atoms with Gasteiger partial charge >= 0.3 is 11.7 Å². The summed E-state index contributed by atoms with van der Waals surface area (Å²) < 4.78 is 20.4. The number of anilines is 1. The van der Waals surface area contributed by atoms with Crippen LogP contribution in [0.25, 0.3) is 11.3 Å². The van der Waals surface area contributed by atoms with Crippen LogP contribution in [0, 0.1) is 5.82 Å². The Labute approximate surface area is 177 Å². The first-order chi connectivity index (χ1) is 15.1. The van der Waals surface area contributed by atoms with Gasteiger partial charge in [-0.2, -0.15) is 4.57 Å². The molecule has 0 fully saturated rings. The summed E-state index contributed by atoms with van der Waals surface area (Å²) in [6.07, 6.45) is 3.97. The molecule has 0 spiro atoms. The van der Waals surface area contributed by atoms with Crippen molar-refractivity contribution >= 4 is 11.7 Å². The number of aromatic hydroxyl groups is 1. The van der Waals surface area contributed by atoms with Gasteiger partial charge < -0.3 is 9.52 Å². The van der Waals surface area contributed by atoms with Gasteiger partial charge in [0.15, 0.2) is 0 Å².